The van der Waals surface area contributed by atoms with E-state index in [0.717, 1.165) is 18.7 Å². The van der Waals surface area contributed by atoms with Gasteiger partial charge in [-0.15, -0.1) is 0 Å². The highest BCUT2D eigenvalue weighted by Gasteiger charge is 2.27. The molecular formula is C23H23FN2O4S. The van der Waals surface area contributed by atoms with Crippen LogP contribution in [0.2, 0.25) is 0 Å². The van der Waals surface area contributed by atoms with Gasteiger partial charge in [-0.3, -0.25) is 4.79 Å². The normalized spacial score (nSPS) is 15.0. The smallest absolute Gasteiger partial charge is 0.289 e. The Balaban J connectivity index is 1.47. The second-order valence-electron chi connectivity index (χ2n) is 7.46. The van der Waals surface area contributed by atoms with Gasteiger partial charge in [-0.1, -0.05) is 18.2 Å². The molecule has 162 valence electrons. The Morgan fingerprint density at radius 1 is 0.935 bits per heavy atom. The van der Waals surface area contributed by atoms with Crippen molar-refractivity contribution in [3.8, 4) is 0 Å². The number of anilines is 1. The number of halogens is 1. The maximum absolute atomic E-state index is 13.2. The zero-order chi connectivity index (χ0) is 21.8. The quantitative estimate of drug-likeness (QED) is 0.602. The summed E-state index contributed by atoms with van der Waals surface area (Å²) in [6.07, 6.45) is 2.09. The molecule has 3 aromatic rings. The standard InChI is InChI=1S/C23H23FN2O4S/c24-19-7-9-20(10-8-19)25-12-4-13-26(15-14-25)23(27)22-18(11-16-30-22)17-31(28,29)21-5-2-1-3-6-21/h1-3,5-11,16H,4,12-15,17H2. The van der Waals surface area contributed by atoms with E-state index in [1.54, 1.807) is 35.2 Å². The van der Waals surface area contributed by atoms with E-state index in [2.05, 4.69) is 4.90 Å². The largest absolute Gasteiger partial charge is 0.459 e. The fourth-order valence-electron chi connectivity index (χ4n) is 3.73. The Hall–Kier alpha value is -3.13. The molecule has 1 saturated heterocycles. The second-order valence-corrected chi connectivity index (χ2v) is 9.45. The van der Waals surface area contributed by atoms with E-state index in [9.17, 15) is 17.6 Å². The van der Waals surface area contributed by atoms with Crippen LogP contribution in [0.1, 0.15) is 22.5 Å². The predicted molar refractivity (Wildman–Crippen MR) is 115 cm³/mol. The van der Waals surface area contributed by atoms with Crippen LogP contribution in [0, 0.1) is 5.82 Å². The Labute approximate surface area is 180 Å². The monoisotopic (exact) mass is 442 g/mol. The lowest BCUT2D eigenvalue weighted by Gasteiger charge is -2.23. The molecule has 0 atom stereocenters. The lowest BCUT2D eigenvalue weighted by molar-refractivity contribution is 0.0734. The summed E-state index contributed by atoms with van der Waals surface area (Å²) in [6.45, 7) is 2.32. The van der Waals surface area contributed by atoms with Crippen molar-refractivity contribution in [2.75, 3.05) is 31.1 Å². The lowest BCUT2D eigenvalue weighted by Crippen LogP contribution is -2.35. The number of sulfone groups is 1. The minimum atomic E-state index is -3.60. The van der Waals surface area contributed by atoms with Crippen molar-refractivity contribution in [3.05, 3.63) is 84.1 Å². The number of carbonyl (C=O) groups excluding carboxylic acids is 1. The number of rotatable bonds is 5. The maximum Gasteiger partial charge on any atom is 0.289 e. The molecule has 31 heavy (non-hydrogen) atoms. The summed E-state index contributed by atoms with van der Waals surface area (Å²) >= 11 is 0. The van der Waals surface area contributed by atoms with Gasteiger partial charge in [0.2, 0.25) is 0 Å². The van der Waals surface area contributed by atoms with Gasteiger partial charge in [0.25, 0.3) is 5.91 Å². The molecule has 0 spiro atoms. The van der Waals surface area contributed by atoms with Gasteiger partial charge < -0.3 is 14.2 Å². The third-order valence-electron chi connectivity index (χ3n) is 5.36. The van der Waals surface area contributed by atoms with Crippen molar-refractivity contribution in [2.45, 2.75) is 17.1 Å². The molecule has 2 heterocycles. The van der Waals surface area contributed by atoms with E-state index in [0.29, 0.717) is 25.2 Å². The first-order valence-corrected chi connectivity index (χ1v) is 11.7. The van der Waals surface area contributed by atoms with Gasteiger partial charge in [0.05, 0.1) is 16.9 Å². The summed E-state index contributed by atoms with van der Waals surface area (Å²) in [5, 5.41) is 0. The van der Waals surface area contributed by atoms with Crippen LogP contribution in [0.5, 0.6) is 0 Å². The number of hydrogen-bond donors (Lipinski definition) is 0. The summed E-state index contributed by atoms with van der Waals surface area (Å²) < 4.78 is 44.1. The molecule has 0 bridgehead atoms. The maximum atomic E-state index is 13.2. The molecule has 1 fully saturated rings. The highest BCUT2D eigenvalue weighted by atomic mass is 32.2. The minimum Gasteiger partial charge on any atom is -0.459 e. The van der Waals surface area contributed by atoms with Gasteiger partial charge in [-0.25, -0.2) is 12.8 Å². The number of furan rings is 1. The highest BCUT2D eigenvalue weighted by Crippen LogP contribution is 2.23. The molecule has 0 N–H and O–H groups in total. The molecule has 0 saturated carbocycles. The van der Waals surface area contributed by atoms with Crippen molar-refractivity contribution in [3.63, 3.8) is 0 Å². The van der Waals surface area contributed by atoms with Crippen molar-refractivity contribution < 1.29 is 22.0 Å². The Bertz CT molecular complexity index is 1140. The van der Waals surface area contributed by atoms with Gasteiger partial charge >= 0.3 is 0 Å². The van der Waals surface area contributed by atoms with E-state index in [-0.39, 0.29) is 28.1 Å². The van der Waals surface area contributed by atoms with E-state index < -0.39 is 9.84 Å². The van der Waals surface area contributed by atoms with Crippen LogP contribution in [-0.2, 0) is 15.6 Å². The van der Waals surface area contributed by atoms with Gasteiger partial charge in [-0.2, -0.15) is 0 Å². The fraction of sp³-hybridized carbons (Fsp3) is 0.261. The summed E-state index contributed by atoms with van der Waals surface area (Å²) in [6, 6.07) is 16.0. The molecule has 1 aliphatic heterocycles. The van der Waals surface area contributed by atoms with Crippen LogP contribution in [0.15, 0.2) is 76.2 Å². The average molecular weight is 443 g/mol. The molecular weight excluding hydrogens is 419 g/mol. The highest BCUT2D eigenvalue weighted by molar-refractivity contribution is 7.90. The van der Waals surface area contributed by atoms with Crippen LogP contribution in [0.3, 0.4) is 0 Å². The SMILES string of the molecule is O=C(c1occc1CS(=O)(=O)c1ccccc1)N1CCCN(c2ccc(F)cc2)CC1. The second kappa shape index (κ2) is 8.93. The van der Waals surface area contributed by atoms with Gasteiger partial charge in [0.1, 0.15) is 5.82 Å². The van der Waals surface area contributed by atoms with Crippen molar-refractivity contribution in [1.82, 2.24) is 4.90 Å². The van der Waals surface area contributed by atoms with E-state index in [4.69, 9.17) is 4.42 Å². The number of carbonyl (C=O) groups is 1. The third kappa shape index (κ3) is 4.80. The zero-order valence-electron chi connectivity index (χ0n) is 16.9. The molecule has 1 aliphatic rings. The molecule has 0 aliphatic carbocycles. The Kier molecular flexibility index (Phi) is 6.08. The zero-order valence-corrected chi connectivity index (χ0v) is 17.7. The number of nitrogens with zero attached hydrogens (tertiary/aromatic N) is 2. The van der Waals surface area contributed by atoms with Gasteiger partial charge in [-0.05, 0) is 48.9 Å². The summed E-state index contributed by atoms with van der Waals surface area (Å²) in [7, 11) is -3.60. The third-order valence-corrected chi connectivity index (χ3v) is 7.05. The van der Waals surface area contributed by atoms with Crippen LogP contribution in [0.25, 0.3) is 0 Å². The molecule has 0 radical (unpaired) electrons. The average Bonchev–Trinajstić information content (AvgIpc) is 3.08. The first-order valence-electron chi connectivity index (χ1n) is 10.1. The summed E-state index contributed by atoms with van der Waals surface area (Å²) in [5.41, 5.74) is 1.26. The molecule has 0 unspecified atom stereocenters. The van der Waals surface area contributed by atoms with E-state index in [1.165, 1.54) is 36.6 Å². The number of benzene rings is 2. The topological polar surface area (TPSA) is 70.8 Å². The Morgan fingerprint density at radius 2 is 1.68 bits per heavy atom. The molecule has 4 rings (SSSR count). The number of amides is 1. The first kappa shape index (κ1) is 21.1. The summed E-state index contributed by atoms with van der Waals surface area (Å²) in [5.74, 6) is -0.838. The number of hydrogen-bond acceptors (Lipinski definition) is 5. The van der Waals surface area contributed by atoms with Crippen molar-refractivity contribution >= 4 is 21.4 Å². The van der Waals surface area contributed by atoms with E-state index in [1.807, 2.05) is 0 Å². The predicted octanol–water partition coefficient (Wildman–Crippen LogP) is 3.75. The minimum absolute atomic E-state index is 0.0646. The van der Waals surface area contributed by atoms with E-state index >= 15 is 0 Å². The summed E-state index contributed by atoms with van der Waals surface area (Å²) in [4.78, 5) is 17.1. The molecule has 1 aromatic heterocycles. The molecule has 6 nitrogen and oxygen atoms in total. The first-order chi connectivity index (χ1) is 14.9. The van der Waals surface area contributed by atoms with Crippen LogP contribution in [0.4, 0.5) is 10.1 Å². The van der Waals surface area contributed by atoms with Gasteiger partial charge in [0, 0.05) is 37.4 Å². The van der Waals surface area contributed by atoms with Crippen LogP contribution < -0.4 is 4.90 Å². The molecule has 1 amide bonds. The Morgan fingerprint density at radius 3 is 2.42 bits per heavy atom. The van der Waals surface area contributed by atoms with Crippen LogP contribution >= 0.6 is 0 Å². The lowest BCUT2D eigenvalue weighted by atomic mass is 10.2. The molecule has 8 heteroatoms. The van der Waals surface area contributed by atoms with Gasteiger partial charge in [0.15, 0.2) is 15.6 Å². The molecule has 2 aromatic carbocycles. The van der Waals surface area contributed by atoms with Crippen LogP contribution in [-0.4, -0.2) is 45.4 Å². The fourth-order valence-corrected chi connectivity index (χ4v) is 5.10. The van der Waals surface area contributed by atoms with Crippen molar-refractivity contribution in [1.29, 1.82) is 0 Å². The van der Waals surface area contributed by atoms with Crippen molar-refractivity contribution in [2.24, 2.45) is 0 Å².